The predicted molar refractivity (Wildman–Crippen MR) is 102 cm³/mol. The van der Waals surface area contributed by atoms with Gasteiger partial charge in [0.25, 0.3) is 5.91 Å². The SMILES string of the molecule is Cn1c(C(C)(C)C)cc(=NC(=O)c2cc(F)ccc2Cl)n1C[C@H]1CCCO1. The highest BCUT2D eigenvalue weighted by Gasteiger charge is 2.23. The maximum Gasteiger partial charge on any atom is 0.280 e. The summed E-state index contributed by atoms with van der Waals surface area (Å²) in [5.74, 6) is -1.08. The van der Waals surface area contributed by atoms with Gasteiger partial charge in [0.15, 0.2) is 5.49 Å². The molecule has 1 aromatic carbocycles. The Labute approximate surface area is 163 Å². The molecule has 5 nitrogen and oxygen atoms in total. The summed E-state index contributed by atoms with van der Waals surface area (Å²) in [5, 5.41) is 0.183. The Morgan fingerprint density at radius 3 is 2.74 bits per heavy atom. The molecule has 1 aromatic heterocycles. The number of carbonyl (C=O) groups is 1. The molecule has 3 rings (SSSR count). The lowest BCUT2D eigenvalue weighted by atomic mass is 9.92. The van der Waals surface area contributed by atoms with Crippen LogP contribution in [0.1, 0.15) is 49.7 Å². The lowest BCUT2D eigenvalue weighted by Gasteiger charge is -2.21. The number of hydrogen-bond donors (Lipinski definition) is 0. The van der Waals surface area contributed by atoms with Crippen LogP contribution in [0.4, 0.5) is 4.39 Å². The number of nitrogens with zero attached hydrogens (tertiary/aromatic N) is 3. The van der Waals surface area contributed by atoms with Gasteiger partial charge < -0.3 is 4.74 Å². The molecule has 0 spiro atoms. The molecule has 27 heavy (non-hydrogen) atoms. The number of halogens is 2. The van der Waals surface area contributed by atoms with E-state index in [1.165, 1.54) is 12.1 Å². The molecular weight excluding hydrogens is 369 g/mol. The smallest absolute Gasteiger partial charge is 0.280 e. The number of hydrogen-bond acceptors (Lipinski definition) is 2. The van der Waals surface area contributed by atoms with Crippen LogP contribution in [-0.4, -0.2) is 28.0 Å². The van der Waals surface area contributed by atoms with E-state index in [9.17, 15) is 9.18 Å². The third-order valence-electron chi connectivity index (χ3n) is 4.78. The first-order chi connectivity index (χ1) is 12.7. The van der Waals surface area contributed by atoms with Gasteiger partial charge >= 0.3 is 0 Å². The fourth-order valence-corrected chi connectivity index (χ4v) is 3.59. The topological polar surface area (TPSA) is 48.5 Å². The van der Waals surface area contributed by atoms with Crippen LogP contribution in [0.15, 0.2) is 29.3 Å². The van der Waals surface area contributed by atoms with E-state index in [2.05, 4.69) is 25.8 Å². The van der Waals surface area contributed by atoms with Crippen LogP contribution in [0, 0.1) is 5.82 Å². The average Bonchev–Trinajstić information content (AvgIpc) is 3.20. The first kappa shape index (κ1) is 19.8. The summed E-state index contributed by atoms with van der Waals surface area (Å²) in [6.07, 6.45) is 2.11. The number of carbonyl (C=O) groups excluding carboxylic acids is 1. The molecule has 1 aliphatic rings. The molecule has 1 aliphatic heterocycles. The second kappa shape index (κ2) is 7.60. The van der Waals surface area contributed by atoms with Crippen LogP contribution < -0.4 is 5.49 Å². The Kier molecular flexibility index (Phi) is 5.58. The summed E-state index contributed by atoms with van der Waals surface area (Å²) in [6, 6.07) is 5.61. The maximum atomic E-state index is 13.5. The van der Waals surface area contributed by atoms with E-state index in [4.69, 9.17) is 16.3 Å². The number of benzene rings is 1. The van der Waals surface area contributed by atoms with Crippen LogP contribution in [0.25, 0.3) is 0 Å². The second-order valence-electron chi connectivity index (χ2n) is 7.92. The predicted octanol–water partition coefficient (Wildman–Crippen LogP) is 3.84. The lowest BCUT2D eigenvalue weighted by Crippen LogP contribution is -2.30. The molecule has 0 radical (unpaired) electrons. The van der Waals surface area contributed by atoms with Crippen molar-refractivity contribution in [2.24, 2.45) is 12.0 Å². The fourth-order valence-electron chi connectivity index (χ4n) is 3.39. The molecule has 0 unspecified atom stereocenters. The number of amides is 1. The van der Waals surface area contributed by atoms with E-state index in [0.29, 0.717) is 12.0 Å². The van der Waals surface area contributed by atoms with Crippen molar-refractivity contribution in [2.45, 2.75) is 51.7 Å². The molecule has 146 valence electrons. The minimum Gasteiger partial charge on any atom is -0.376 e. The van der Waals surface area contributed by atoms with Gasteiger partial charge in [0, 0.05) is 30.8 Å². The Bertz CT molecular complexity index is 918. The number of rotatable bonds is 3. The summed E-state index contributed by atoms with van der Waals surface area (Å²) in [5.41, 5.74) is 1.49. The van der Waals surface area contributed by atoms with E-state index >= 15 is 0 Å². The molecule has 0 aliphatic carbocycles. The van der Waals surface area contributed by atoms with E-state index in [1.807, 2.05) is 22.5 Å². The minimum absolute atomic E-state index is 0.0569. The first-order valence-electron chi connectivity index (χ1n) is 9.10. The van der Waals surface area contributed by atoms with Crippen molar-refractivity contribution in [3.63, 3.8) is 0 Å². The van der Waals surface area contributed by atoms with E-state index in [-0.39, 0.29) is 22.1 Å². The fraction of sp³-hybridized carbons (Fsp3) is 0.500. The maximum absolute atomic E-state index is 13.5. The highest BCUT2D eigenvalue weighted by molar-refractivity contribution is 6.33. The zero-order chi connectivity index (χ0) is 19.8. The molecule has 2 aromatic rings. The summed E-state index contributed by atoms with van der Waals surface area (Å²) in [6.45, 7) is 7.68. The van der Waals surface area contributed by atoms with Crippen LogP contribution in [0.5, 0.6) is 0 Å². The van der Waals surface area contributed by atoms with Gasteiger partial charge in [-0.15, -0.1) is 0 Å². The highest BCUT2D eigenvalue weighted by Crippen LogP contribution is 2.22. The van der Waals surface area contributed by atoms with Crippen molar-refractivity contribution in [2.75, 3.05) is 6.61 Å². The third-order valence-corrected chi connectivity index (χ3v) is 5.11. The largest absolute Gasteiger partial charge is 0.376 e. The lowest BCUT2D eigenvalue weighted by molar-refractivity contribution is 0.0885. The standard InChI is InChI=1S/C20H25ClFN3O2/c1-20(2,3)17-11-18(25(24(17)4)12-14-6-5-9-27-14)23-19(26)15-10-13(22)7-8-16(15)21/h7-8,10-11,14H,5-6,9,12H2,1-4H3/t14-/m1/s1. The number of aromatic nitrogens is 2. The normalized spacial score (nSPS) is 18.3. The van der Waals surface area contributed by atoms with Gasteiger partial charge in [-0.25, -0.2) is 4.39 Å². The summed E-state index contributed by atoms with van der Waals surface area (Å²) >= 11 is 6.06. The molecule has 1 amide bonds. The Balaban J connectivity index is 2.08. The molecule has 0 N–H and O–H groups in total. The van der Waals surface area contributed by atoms with Gasteiger partial charge in [-0.1, -0.05) is 32.4 Å². The van der Waals surface area contributed by atoms with Crippen molar-refractivity contribution in [1.29, 1.82) is 0 Å². The third kappa shape index (κ3) is 4.33. The molecule has 7 heteroatoms. The van der Waals surface area contributed by atoms with E-state index in [1.54, 1.807) is 0 Å². The van der Waals surface area contributed by atoms with Gasteiger partial charge in [0.2, 0.25) is 0 Å². The van der Waals surface area contributed by atoms with Crippen molar-refractivity contribution in [1.82, 2.24) is 9.36 Å². The van der Waals surface area contributed by atoms with Crippen LogP contribution in [-0.2, 0) is 23.7 Å². The monoisotopic (exact) mass is 393 g/mol. The van der Waals surface area contributed by atoms with Gasteiger partial charge in [0.05, 0.1) is 23.2 Å². The van der Waals surface area contributed by atoms with E-state index < -0.39 is 11.7 Å². The summed E-state index contributed by atoms with van der Waals surface area (Å²) in [4.78, 5) is 16.9. The average molecular weight is 394 g/mol. The molecule has 1 fully saturated rings. The van der Waals surface area contributed by atoms with Crippen LogP contribution in [0.3, 0.4) is 0 Å². The zero-order valence-electron chi connectivity index (χ0n) is 16.1. The van der Waals surface area contributed by atoms with Crippen LogP contribution >= 0.6 is 11.6 Å². The quantitative estimate of drug-likeness (QED) is 0.795. The molecule has 1 saturated heterocycles. The van der Waals surface area contributed by atoms with Gasteiger partial charge in [-0.2, -0.15) is 4.99 Å². The molecule has 0 bridgehead atoms. The Morgan fingerprint density at radius 2 is 2.11 bits per heavy atom. The first-order valence-corrected chi connectivity index (χ1v) is 9.47. The van der Waals surface area contributed by atoms with Gasteiger partial charge in [-0.05, 0) is 31.0 Å². The van der Waals surface area contributed by atoms with Crippen molar-refractivity contribution >= 4 is 17.5 Å². The van der Waals surface area contributed by atoms with E-state index in [0.717, 1.165) is 31.2 Å². The van der Waals surface area contributed by atoms with Crippen LogP contribution in [0.2, 0.25) is 5.02 Å². The second-order valence-corrected chi connectivity index (χ2v) is 8.33. The summed E-state index contributed by atoms with van der Waals surface area (Å²) < 4.78 is 23.3. The van der Waals surface area contributed by atoms with Crippen molar-refractivity contribution in [3.8, 4) is 0 Å². The molecular formula is C20H25ClFN3O2. The van der Waals surface area contributed by atoms with Gasteiger partial charge in [-0.3, -0.25) is 14.2 Å². The molecule has 1 atom stereocenters. The highest BCUT2D eigenvalue weighted by atomic mass is 35.5. The van der Waals surface area contributed by atoms with Crippen molar-refractivity contribution in [3.05, 3.63) is 51.9 Å². The van der Waals surface area contributed by atoms with Crippen molar-refractivity contribution < 1.29 is 13.9 Å². The number of ether oxygens (including phenoxy) is 1. The summed E-state index contributed by atoms with van der Waals surface area (Å²) in [7, 11) is 1.95. The Hall–Kier alpha value is -1.92. The Morgan fingerprint density at radius 1 is 1.37 bits per heavy atom. The zero-order valence-corrected chi connectivity index (χ0v) is 16.9. The molecule has 2 heterocycles. The minimum atomic E-state index is -0.563. The van der Waals surface area contributed by atoms with Gasteiger partial charge in [0.1, 0.15) is 5.82 Å². The molecule has 0 saturated carbocycles.